The molecule has 1 spiro atoms. The van der Waals surface area contributed by atoms with Crippen molar-refractivity contribution < 1.29 is 37.1 Å². The third-order valence-corrected chi connectivity index (χ3v) is 7.38. The zero-order valence-electron chi connectivity index (χ0n) is 19.3. The SMILES string of the molecule is Cc1ccc([C@@H]2OC3(C(=O)c4ccccc4C3=O)[C@@H]3C(=O)N(c4ccc(C(F)(F)F)cc4)C(=O)[C@H]32)cc1. The summed E-state index contributed by atoms with van der Waals surface area (Å²) in [5, 5.41) is 0. The zero-order chi connectivity index (χ0) is 26.3. The maximum atomic E-state index is 13.8. The molecule has 2 amide bonds. The molecule has 2 heterocycles. The van der Waals surface area contributed by atoms with E-state index in [1.807, 2.05) is 6.92 Å². The Labute approximate surface area is 208 Å². The standard InChI is InChI=1S/C28H18F3NO5/c1-14-6-8-15(9-7-14)22-20-21(27(37-22)23(33)18-4-2-3-5-19(18)24(27)34)26(36)32(25(20)35)17-12-10-16(11-13-17)28(29,30)31/h2-13,20-22H,1H3/t20-,21+,22+/m1/s1. The Morgan fingerprint density at radius 1 is 0.784 bits per heavy atom. The fraction of sp³-hybridized carbons (Fsp3) is 0.214. The van der Waals surface area contributed by atoms with Gasteiger partial charge in [0.25, 0.3) is 0 Å². The lowest BCUT2D eigenvalue weighted by atomic mass is 9.77. The number of ether oxygens (including phenoxy) is 1. The van der Waals surface area contributed by atoms with Crippen molar-refractivity contribution in [3.63, 3.8) is 0 Å². The molecule has 2 saturated heterocycles. The normalized spacial score (nSPS) is 24.2. The van der Waals surface area contributed by atoms with Gasteiger partial charge in [-0.1, -0.05) is 54.1 Å². The summed E-state index contributed by atoms with van der Waals surface area (Å²) in [6.07, 6.45) is -5.69. The van der Waals surface area contributed by atoms with Crippen LogP contribution in [0.4, 0.5) is 18.9 Å². The molecule has 1 aliphatic carbocycles. The number of rotatable bonds is 2. The molecule has 0 bridgehead atoms. The molecule has 0 N–H and O–H groups in total. The summed E-state index contributed by atoms with van der Waals surface area (Å²) >= 11 is 0. The smallest absolute Gasteiger partial charge is 0.349 e. The molecule has 37 heavy (non-hydrogen) atoms. The number of anilines is 1. The molecule has 3 aromatic carbocycles. The molecule has 0 unspecified atom stereocenters. The predicted molar refractivity (Wildman–Crippen MR) is 124 cm³/mol. The molecule has 3 aliphatic rings. The van der Waals surface area contributed by atoms with Gasteiger partial charge < -0.3 is 4.74 Å². The van der Waals surface area contributed by atoms with Crippen LogP contribution in [-0.2, 0) is 20.5 Å². The van der Waals surface area contributed by atoms with E-state index in [9.17, 15) is 32.3 Å². The summed E-state index contributed by atoms with van der Waals surface area (Å²) < 4.78 is 45.4. The Hall–Kier alpha value is -4.11. The molecule has 0 aromatic heterocycles. The van der Waals surface area contributed by atoms with Gasteiger partial charge in [-0.15, -0.1) is 0 Å². The molecule has 6 rings (SSSR count). The summed E-state index contributed by atoms with van der Waals surface area (Å²) in [7, 11) is 0. The van der Waals surface area contributed by atoms with E-state index < -0.39 is 58.7 Å². The van der Waals surface area contributed by atoms with E-state index in [0.717, 1.165) is 34.7 Å². The maximum absolute atomic E-state index is 13.8. The third-order valence-electron chi connectivity index (χ3n) is 7.38. The summed E-state index contributed by atoms with van der Waals surface area (Å²) in [6.45, 7) is 1.86. The molecular formula is C28H18F3NO5. The first-order valence-electron chi connectivity index (χ1n) is 11.5. The molecule has 2 fully saturated rings. The number of fused-ring (bicyclic) bond motifs is 3. The molecule has 3 aromatic rings. The predicted octanol–water partition coefficient (Wildman–Crippen LogP) is 4.71. The lowest BCUT2D eigenvalue weighted by Crippen LogP contribution is -2.51. The Morgan fingerprint density at radius 2 is 1.35 bits per heavy atom. The number of hydrogen-bond acceptors (Lipinski definition) is 5. The van der Waals surface area contributed by atoms with Gasteiger partial charge in [-0.2, -0.15) is 13.2 Å². The molecule has 2 aliphatic heterocycles. The number of halogens is 3. The third kappa shape index (κ3) is 3.10. The van der Waals surface area contributed by atoms with E-state index in [1.165, 1.54) is 12.1 Å². The number of benzene rings is 3. The Balaban J connectivity index is 1.50. The van der Waals surface area contributed by atoms with Crippen LogP contribution in [0.2, 0.25) is 0 Å². The van der Waals surface area contributed by atoms with Crippen LogP contribution >= 0.6 is 0 Å². The Kier molecular flexibility index (Phi) is 4.84. The van der Waals surface area contributed by atoms with Crippen LogP contribution in [0.5, 0.6) is 0 Å². The largest absolute Gasteiger partial charge is 0.416 e. The zero-order valence-corrected chi connectivity index (χ0v) is 19.3. The van der Waals surface area contributed by atoms with Gasteiger partial charge in [-0.3, -0.25) is 19.2 Å². The van der Waals surface area contributed by atoms with Crippen molar-refractivity contribution in [1.29, 1.82) is 0 Å². The molecule has 6 nitrogen and oxygen atoms in total. The summed E-state index contributed by atoms with van der Waals surface area (Å²) in [6, 6.07) is 16.7. The van der Waals surface area contributed by atoms with Gasteiger partial charge in [-0.25, -0.2) is 4.90 Å². The molecule has 186 valence electrons. The highest BCUT2D eigenvalue weighted by atomic mass is 19.4. The molecular weight excluding hydrogens is 487 g/mol. The number of carbonyl (C=O) groups excluding carboxylic acids is 4. The highest BCUT2D eigenvalue weighted by Crippen LogP contribution is 2.57. The molecule has 9 heteroatoms. The van der Waals surface area contributed by atoms with Crippen molar-refractivity contribution in [2.45, 2.75) is 24.8 Å². The van der Waals surface area contributed by atoms with E-state index in [1.54, 1.807) is 36.4 Å². The van der Waals surface area contributed by atoms with Crippen molar-refractivity contribution in [3.8, 4) is 0 Å². The number of imide groups is 1. The second-order valence-electron chi connectivity index (χ2n) is 9.45. The fourth-order valence-electron chi connectivity index (χ4n) is 5.63. The van der Waals surface area contributed by atoms with E-state index in [0.29, 0.717) is 5.56 Å². The van der Waals surface area contributed by atoms with Gasteiger partial charge in [0.2, 0.25) is 29.0 Å². The minimum Gasteiger partial charge on any atom is -0.349 e. The highest BCUT2D eigenvalue weighted by molar-refractivity contribution is 6.37. The average Bonchev–Trinajstić information content (AvgIpc) is 3.44. The van der Waals surface area contributed by atoms with Gasteiger partial charge in [0.05, 0.1) is 29.2 Å². The molecule has 3 atom stereocenters. The van der Waals surface area contributed by atoms with Crippen LogP contribution in [0.15, 0.2) is 72.8 Å². The second kappa shape index (κ2) is 7.69. The monoisotopic (exact) mass is 505 g/mol. The molecule has 0 saturated carbocycles. The van der Waals surface area contributed by atoms with Crippen molar-refractivity contribution in [3.05, 3.63) is 101 Å². The minimum atomic E-state index is -4.60. The number of aryl methyl sites for hydroxylation is 1. The van der Waals surface area contributed by atoms with E-state index in [4.69, 9.17) is 4.74 Å². The lowest BCUT2D eigenvalue weighted by molar-refractivity contribution is -0.137. The Morgan fingerprint density at radius 3 is 1.89 bits per heavy atom. The first kappa shape index (κ1) is 23.3. The van der Waals surface area contributed by atoms with Gasteiger partial charge in [0.1, 0.15) is 0 Å². The summed E-state index contributed by atoms with van der Waals surface area (Å²) in [5.74, 6) is -5.70. The topological polar surface area (TPSA) is 80.8 Å². The Bertz CT molecular complexity index is 1460. The molecule has 0 radical (unpaired) electrons. The van der Waals surface area contributed by atoms with Crippen LogP contribution in [0.1, 0.15) is 43.5 Å². The van der Waals surface area contributed by atoms with E-state index in [-0.39, 0.29) is 16.8 Å². The van der Waals surface area contributed by atoms with Gasteiger partial charge in [-0.05, 0) is 36.8 Å². The highest BCUT2D eigenvalue weighted by Gasteiger charge is 2.74. The first-order valence-corrected chi connectivity index (χ1v) is 11.5. The quantitative estimate of drug-likeness (QED) is 0.372. The van der Waals surface area contributed by atoms with Crippen molar-refractivity contribution >= 4 is 29.1 Å². The number of carbonyl (C=O) groups is 4. The van der Waals surface area contributed by atoms with Crippen molar-refractivity contribution in [2.24, 2.45) is 11.8 Å². The van der Waals surface area contributed by atoms with Crippen molar-refractivity contribution in [2.75, 3.05) is 4.90 Å². The number of Topliss-reactive ketones (excluding diaryl/α,β-unsaturated/α-hetero) is 2. The number of nitrogens with zero attached hydrogens (tertiary/aromatic N) is 1. The average molecular weight is 505 g/mol. The number of hydrogen-bond donors (Lipinski definition) is 0. The van der Waals surface area contributed by atoms with E-state index in [2.05, 4.69) is 0 Å². The number of amides is 2. The fourth-order valence-corrected chi connectivity index (χ4v) is 5.63. The van der Waals surface area contributed by atoms with Gasteiger partial charge in [0, 0.05) is 11.1 Å². The summed E-state index contributed by atoms with van der Waals surface area (Å²) in [5.41, 5.74) is -1.63. The van der Waals surface area contributed by atoms with Crippen LogP contribution < -0.4 is 4.90 Å². The minimum absolute atomic E-state index is 0.0781. The van der Waals surface area contributed by atoms with Gasteiger partial charge >= 0.3 is 6.18 Å². The van der Waals surface area contributed by atoms with Crippen molar-refractivity contribution in [1.82, 2.24) is 0 Å². The number of ketones is 2. The first-order chi connectivity index (χ1) is 17.6. The summed E-state index contributed by atoms with van der Waals surface area (Å²) in [4.78, 5) is 55.7. The number of alkyl halides is 3. The van der Waals surface area contributed by atoms with Gasteiger partial charge in [0.15, 0.2) is 0 Å². The van der Waals surface area contributed by atoms with Crippen LogP contribution in [0, 0.1) is 18.8 Å². The van der Waals surface area contributed by atoms with E-state index >= 15 is 0 Å². The van der Waals surface area contributed by atoms with Crippen LogP contribution in [-0.4, -0.2) is 29.0 Å². The maximum Gasteiger partial charge on any atom is 0.416 e. The van der Waals surface area contributed by atoms with Crippen LogP contribution in [0.25, 0.3) is 0 Å². The second-order valence-corrected chi connectivity index (χ2v) is 9.45. The van der Waals surface area contributed by atoms with Crippen LogP contribution in [0.3, 0.4) is 0 Å². The lowest BCUT2D eigenvalue weighted by Gasteiger charge is -2.27.